The van der Waals surface area contributed by atoms with Crippen molar-refractivity contribution in [3.63, 3.8) is 0 Å². The maximum absolute atomic E-state index is 12.8. The summed E-state index contributed by atoms with van der Waals surface area (Å²) in [5.74, 6) is 0.422. The van der Waals surface area contributed by atoms with Crippen molar-refractivity contribution < 1.29 is 9.53 Å². The van der Waals surface area contributed by atoms with Crippen molar-refractivity contribution in [2.45, 2.75) is 20.5 Å². The first-order valence-corrected chi connectivity index (χ1v) is 12.5. The summed E-state index contributed by atoms with van der Waals surface area (Å²) in [5, 5.41) is 4.18. The summed E-state index contributed by atoms with van der Waals surface area (Å²) < 4.78 is 8.20. The summed E-state index contributed by atoms with van der Waals surface area (Å²) in [6.07, 6.45) is 1.60. The zero-order valence-electron chi connectivity index (χ0n) is 21.5. The van der Waals surface area contributed by atoms with Crippen molar-refractivity contribution in [2.24, 2.45) is 5.10 Å². The van der Waals surface area contributed by atoms with E-state index in [0.717, 1.165) is 33.8 Å². The molecule has 5 rings (SSSR count). The monoisotopic (exact) mass is 499 g/mol. The fourth-order valence-electron chi connectivity index (χ4n) is 4.38. The average Bonchev–Trinajstić information content (AvgIpc) is 3.34. The van der Waals surface area contributed by atoms with Crippen LogP contribution in [-0.2, 0) is 6.61 Å². The Morgan fingerprint density at radius 2 is 1.61 bits per heavy atom. The maximum Gasteiger partial charge on any atom is 0.271 e. The second kappa shape index (κ2) is 11.4. The number of benzene rings is 4. The van der Waals surface area contributed by atoms with E-state index in [9.17, 15) is 4.79 Å². The third-order valence-electron chi connectivity index (χ3n) is 6.30. The molecule has 0 unspecified atom stereocenters. The van der Waals surface area contributed by atoms with Crippen molar-refractivity contribution in [2.75, 3.05) is 0 Å². The first kappa shape index (κ1) is 24.8. The molecule has 0 saturated carbocycles. The number of carbonyl (C=O) groups is 1. The molecule has 0 radical (unpaired) electrons. The molecule has 1 N–H and O–H groups in total. The minimum atomic E-state index is -0.279. The molecule has 188 valence electrons. The number of amides is 1. The summed E-state index contributed by atoms with van der Waals surface area (Å²) in [6, 6.07) is 37.8. The van der Waals surface area contributed by atoms with E-state index in [-0.39, 0.29) is 5.91 Å². The van der Waals surface area contributed by atoms with Crippen LogP contribution in [0.1, 0.15) is 32.7 Å². The van der Waals surface area contributed by atoms with Gasteiger partial charge in [-0.1, -0.05) is 72.3 Å². The predicted octanol–water partition coefficient (Wildman–Crippen LogP) is 7.10. The number of aryl methyl sites for hydroxylation is 2. The molecular weight excluding hydrogens is 470 g/mol. The summed E-state index contributed by atoms with van der Waals surface area (Å²) in [4.78, 5) is 12.8. The smallest absolute Gasteiger partial charge is 0.271 e. The van der Waals surface area contributed by atoms with Crippen LogP contribution in [0.25, 0.3) is 16.9 Å². The Labute approximate surface area is 223 Å². The molecule has 4 aromatic carbocycles. The van der Waals surface area contributed by atoms with Gasteiger partial charge in [0.25, 0.3) is 5.91 Å². The van der Waals surface area contributed by atoms with E-state index in [1.807, 2.05) is 78.9 Å². The maximum atomic E-state index is 12.8. The van der Waals surface area contributed by atoms with E-state index in [1.54, 1.807) is 6.21 Å². The van der Waals surface area contributed by atoms with Crippen molar-refractivity contribution in [1.29, 1.82) is 0 Å². The molecule has 1 amide bonds. The van der Waals surface area contributed by atoms with E-state index in [0.29, 0.717) is 17.9 Å². The number of hydrazone groups is 1. The van der Waals surface area contributed by atoms with E-state index >= 15 is 0 Å². The van der Waals surface area contributed by atoms with Crippen molar-refractivity contribution in [3.8, 4) is 22.7 Å². The van der Waals surface area contributed by atoms with Gasteiger partial charge in [0.05, 0.1) is 11.9 Å². The predicted molar refractivity (Wildman–Crippen MR) is 153 cm³/mol. The Bertz CT molecular complexity index is 1570. The molecule has 0 atom stereocenters. The molecule has 0 fully saturated rings. The molecule has 5 heteroatoms. The number of ether oxygens (including phenoxy) is 1. The molecule has 0 aliphatic rings. The zero-order valence-corrected chi connectivity index (χ0v) is 21.5. The first-order valence-electron chi connectivity index (χ1n) is 12.5. The van der Waals surface area contributed by atoms with Gasteiger partial charge in [-0.2, -0.15) is 5.10 Å². The second-order valence-electron chi connectivity index (χ2n) is 9.12. The van der Waals surface area contributed by atoms with Crippen LogP contribution in [0.4, 0.5) is 0 Å². The first-order chi connectivity index (χ1) is 18.6. The number of para-hydroxylation sites is 1. The molecule has 0 aliphatic carbocycles. The third kappa shape index (κ3) is 5.73. The van der Waals surface area contributed by atoms with Crippen LogP contribution < -0.4 is 10.2 Å². The van der Waals surface area contributed by atoms with Gasteiger partial charge in [0.2, 0.25) is 0 Å². The fraction of sp³-hybridized carbons (Fsp3) is 0.0909. The number of hydrogen-bond donors (Lipinski definition) is 1. The van der Waals surface area contributed by atoms with Gasteiger partial charge in [0.1, 0.15) is 12.4 Å². The highest BCUT2D eigenvalue weighted by Crippen LogP contribution is 2.26. The van der Waals surface area contributed by atoms with Gasteiger partial charge >= 0.3 is 0 Å². The molecule has 5 nitrogen and oxygen atoms in total. The topological polar surface area (TPSA) is 55.6 Å². The van der Waals surface area contributed by atoms with Crippen molar-refractivity contribution >= 4 is 12.1 Å². The average molecular weight is 500 g/mol. The van der Waals surface area contributed by atoms with Crippen LogP contribution in [-0.4, -0.2) is 16.7 Å². The summed E-state index contributed by atoms with van der Waals surface area (Å²) in [5.41, 5.74) is 10.6. The van der Waals surface area contributed by atoms with Gasteiger partial charge in [-0.3, -0.25) is 4.79 Å². The molecule has 0 aliphatic heterocycles. The van der Waals surface area contributed by atoms with Crippen LogP contribution in [0, 0.1) is 13.8 Å². The summed E-state index contributed by atoms with van der Waals surface area (Å²) in [7, 11) is 0. The number of aromatic nitrogens is 1. The van der Waals surface area contributed by atoms with Crippen LogP contribution in [0.15, 0.2) is 120 Å². The lowest BCUT2D eigenvalue weighted by Gasteiger charge is -2.13. The molecule has 5 aromatic rings. The van der Waals surface area contributed by atoms with Gasteiger partial charge in [-0.25, -0.2) is 5.43 Å². The Morgan fingerprint density at radius 1 is 0.842 bits per heavy atom. The fourth-order valence-corrected chi connectivity index (χ4v) is 4.38. The largest absolute Gasteiger partial charge is 0.488 e. The quantitative estimate of drug-likeness (QED) is 0.183. The van der Waals surface area contributed by atoms with Gasteiger partial charge in [0, 0.05) is 22.5 Å². The Hall–Kier alpha value is -4.90. The second-order valence-corrected chi connectivity index (χ2v) is 9.12. The van der Waals surface area contributed by atoms with Gasteiger partial charge in [0.15, 0.2) is 0 Å². The van der Waals surface area contributed by atoms with Crippen molar-refractivity contribution in [3.05, 3.63) is 143 Å². The molecule has 0 spiro atoms. The minimum Gasteiger partial charge on any atom is -0.488 e. The molecule has 38 heavy (non-hydrogen) atoms. The lowest BCUT2D eigenvalue weighted by Crippen LogP contribution is -2.17. The Balaban J connectivity index is 1.25. The van der Waals surface area contributed by atoms with Gasteiger partial charge < -0.3 is 9.30 Å². The highest BCUT2D eigenvalue weighted by molar-refractivity contribution is 5.95. The van der Waals surface area contributed by atoms with Crippen LogP contribution in [0.2, 0.25) is 0 Å². The van der Waals surface area contributed by atoms with Crippen LogP contribution in [0.5, 0.6) is 5.75 Å². The van der Waals surface area contributed by atoms with Gasteiger partial charge in [-0.15, -0.1) is 0 Å². The number of rotatable bonds is 8. The lowest BCUT2D eigenvalue weighted by atomic mass is 10.1. The number of nitrogens with one attached hydrogen (secondary N) is 1. The van der Waals surface area contributed by atoms with E-state index < -0.39 is 0 Å². The summed E-state index contributed by atoms with van der Waals surface area (Å²) >= 11 is 0. The van der Waals surface area contributed by atoms with E-state index in [2.05, 4.69) is 65.3 Å². The number of hydrogen-bond acceptors (Lipinski definition) is 3. The third-order valence-corrected chi connectivity index (χ3v) is 6.30. The minimum absolute atomic E-state index is 0.279. The highest BCUT2D eigenvalue weighted by atomic mass is 16.5. The van der Waals surface area contributed by atoms with Crippen LogP contribution in [0.3, 0.4) is 0 Å². The van der Waals surface area contributed by atoms with Crippen molar-refractivity contribution in [1.82, 2.24) is 9.99 Å². The van der Waals surface area contributed by atoms with Gasteiger partial charge in [-0.05, 0) is 73.5 Å². The molecule has 1 aromatic heterocycles. The molecular formula is C33H29N3O2. The van der Waals surface area contributed by atoms with Crippen LogP contribution >= 0.6 is 0 Å². The molecule has 1 heterocycles. The number of carbonyl (C=O) groups excluding carboxylic acids is 1. The zero-order chi connectivity index (χ0) is 26.3. The lowest BCUT2D eigenvalue weighted by molar-refractivity contribution is 0.0955. The molecule has 0 bridgehead atoms. The highest BCUT2D eigenvalue weighted by Gasteiger charge is 2.11. The Morgan fingerprint density at radius 3 is 2.39 bits per heavy atom. The standard InChI is InChI=1S/C33H29N3O2/c1-24-9-8-10-26(21-24)23-38-32-14-7-6-13-29(32)22-34-35-33(37)28-16-18-30(19-17-28)36-25(2)15-20-31(36)27-11-4-3-5-12-27/h3-22H,23H2,1-2H3,(H,35,37)/b34-22+. The summed E-state index contributed by atoms with van der Waals surface area (Å²) in [6.45, 7) is 4.59. The normalized spacial score (nSPS) is 11.0. The van der Waals surface area contributed by atoms with E-state index in [4.69, 9.17) is 4.74 Å². The number of nitrogens with zero attached hydrogens (tertiary/aromatic N) is 2. The SMILES string of the molecule is Cc1cccc(COc2ccccc2/C=N/NC(=O)c2ccc(-n3c(C)ccc3-c3ccccc3)cc2)c1. The molecule has 0 saturated heterocycles. The van der Waals surface area contributed by atoms with E-state index in [1.165, 1.54) is 5.56 Å². The Kier molecular flexibility index (Phi) is 7.46.